The third kappa shape index (κ3) is 4.83. The highest BCUT2D eigenvalue weighted by Crippen LogP contribution is 2.26. The van der Waals surface area contributed by atoms with Crippen molar-refractivity contribution in [3.05, 3.63) is 53.6 Å². The first-order valence-corrected chi connectivity index (χ1v) is 8.33. The van der Waals surface area contributed by atoms with E-state index in [1.165, 1.54) is 20.8 Å². The van der Waals surface area contributed by atoms with Crippen molar-refractivity contribution in [3.8, 4) is 0 Å². The summed E-state index contributed by atoms with van der Waals surface area (Å²) in [5.74, 6) is -1.18. The van der Waals surface area contributed by atoms with Crippen LogP contribution in [0.5, 0.6) is 0 Å². The summed E-state index contributed by atoms with van der Waals surface area (Å²) in [6.45, 7) is 4.44. The van der Waals surface area contributed by atoms with Crippen LogP contribution in [0.3, 0.4) is 0 Å². The van der Waals surface area contributed by atoms with Gasteiger partial charge in [0.1, 0.15) is 5.41 Å². The van der Waals surface area contributed by atoms with Crippen molar-refractivity contribution in [2.24, 2.45) is 5.41 Å². The molecule has 0 atom stereocenters. The molecule has 0 radical (unpaired) electrons. The Labute approximate surface area is 156 Å². The normalized spacial score (nSPS) is 10.8. The first kappa shape index (κ1) is 19.5. The summed E-state index contributed by atoms with van der Waals surface area (Å²) >= 11 is 6.04. The highest BCUT2D eigenvalue weighted by molar-refractivity contribution is 6.34. The highest BCUT2D eigenvalue weighted by Gasteiger charge is 2.36. The molecule has 136 valence electrons. The van der Waals surface area contributed by atoms with Gasteiger partial charge in [-0.25, -0.2) is 0 Å². The van der Waals surface area contributed by atoms with E-state index < -0.39 is 17.2 Å². The van der Waals surface area contributed by atoms with Gasteiger partial charge < -0.3 is 16.0 Å². The number of para-hydroxylation sites is 1. The van der Waals surface area contributed by atoms with E-state index in [0.717, 1.165) is 0 Å². The highest BCUT2D eigenvalue weighted by atomic mass is 35.5. The van der Waals surface area contributed by atoms with Crippen molar-refractivity contribution >= 4 is 46.4 Å². The summed E-state index contributed by atoms with van der Waals surface area (Å²) in [5.41, 5.74) is 0.115. The third-order valence-corrected chi connectivity index (χ3v) is 4.03. The first-order chi connectivity index (χ1) is 12.2. The lowest BCUT2D eigenvalue weighted by Crippen LogP contribution is -2.41. The summed E-state index contributed by atoms with van der Waals surface area (Å²) in [6.07, 6.45) is 0. The molecule has 3 N–H and O–H groups in total. The number of nitrogens with one attached hydrogen (secondary N) is 3. The Balaban J connectivity index is 2.11. The summed E-state index contributed by atoms with van der Waals surface area (Å²) in [7, 11) is 0. The molecule has 0 spiro atoms. The zero-order valence-electron chi connectivity index (χ0n) is 14.7. The second-order valence-electron chi connectivity index (χ2n) is 6.28. The van der Waals surface area contributed by atoms with Crippen LogP contribution in [0.25, 0.3) is 0 Å². The van der Waals surface area contributed by atoms with Crippen LogP contribution in [0, 0.1) is 5.41 Å². The summed E-state index contributed by atoms with van der Waals surface area (Å²) in [6, 6.07) is 13.5. The molecule has 0 aliphatic heterocycles. The van der Waals surface area contributed by atoms with E-state index in [9.17, 15) is 14.4 Å². The van der Waals surface area contributed by atoms with Gasteiger partial charge in [0.05, 0.1) is 10.7 Å². The predicted molar refractivity (Wildman–Crippen MR) is 103 cm³/mol. The Morgan fingerprint density at radius 3 is 2.04 bits per heavy atom. The quantitative estimate of drug-likeness (QED) is 0.694. The SMILES string of the molecule is CC(=O)Nc1cccc(NC(=O)C(C)(C)C(=O)Nc2ccccc2Cl)c1. The monoisotopic (exact) mass is 373 g/mol. The molecule has 2 rings (SSSR count). The van der Waals surface area contributed by atoms with E-state index in [2.05, 4.69) is 16.0 Å². The Morgan fingerprint density at radius 2 is 1.42 bits per heavy atom. The zero-order chi connectivity index (χ0) is 19.3. The molecule has 0 bridgehead atoms. The van der Waals surface area contributed by atoms with Gasteiger partial charge in [-0.15, -0.1) is 0 Å². The zero-order valence-corrected chi connectivity index (χ0v) is 15.5. The van der Waals surface area contributed by atoms with Gasteiger partial charge in [-0.05, 0) is 44.2 Å². The average molecular weight is 374 g/mol. The molecular weight excluding hydrogens is 354 g/mol. The summed E-state index contributed by atoms with van der Waals surface area (Å²) in [4.78, 5) is 36.3. The van der Waals surface area contributed by atoms with E-state index in [-0.39, 0.29) is 5.91 Å². The Kier molecular flexibility index (Phi) is 6.00. The number of carbonyl (C=O) groups excluding carboxylic acids is 3. The molecule has 2 aromatic rings. The standard InChI is InChI=1S/C19H20ClN3O3/c1-12(24)21-13-7-6-8-14(11-13)22-17(25)19(2,3)18(26)23-16-10-5-4-9-15(16)20/h4-11H,1-3H3,(H,21,24)(H,22,25)(H,23,26). The molecule has 3 amide bonds. The van der Waals surface area contributed by atoms with Crippen LogP contribution in [-0.4, -0.2) is 17.7 Å². The van der Waals surface area contributed by atoms with E-state index in [1.54, 1.807) is 48.5 Å². The number of benzene rings is 2. The smallest absolute Gasteiger partial charge is 0.239 e. The lowest BCUT2D eigenvalue weighted by atomic mass is 9.90. The number of anilines is 3. The number of amides is 3. The molecule has 6 nitrogen and oxygen atoms in total. The van der Waals surface area contributed by atoms with Crippen molar-refractivity contribution < 1.29 is 14.4 Å². The van der Waals surface area contributed by atoms with Crippen molar-refractivity contribution in [3.63, 3.8) is 0 Å². The maximum Gasteiger partial charge on any atom is 0.239 e. The van der Waals surface area contributed by atoms with Crippen LogP contribution in [0.15, 0.2) is 48.5 Å². The van der Waals surface area contributed by atoms with Gasteiger partial charge in [0.2, 0.25) is 17.7 Å². The van der Waals surface area contributed by atoms with Crippen molar-refractivity contribution in [2.45, 2.75) is 20.8 Å². The topological polar surface area (TPSA) is 87.3 Å². The Morgan fingerprint density at radius 1 is 0.846 bits per heavy atom. The van der Waals surface area contributed by atoms with Crippen LogP contribution in [0.1, 0.15) is 20.8 Å². The molecule has 0 fully saturated rings. The third-order valence-electron chi connectivity index (χ3n) is 3.70. The molecule has 0 heterocycles. The van der Waals surface area contributed by atoms with Crippen molar-refractivity contribution in [2.75, 3.05) is 16.0 Å². The van der Waals surface area contributed by atoms with Gasteiger partial charge in [-0.1, -0.05) is 29.8 Å². The van der Waals surface area contributed by atoms with Gasteiger partial charge >= 0.3 is 0 Å². The van der Waals surface area contributed by atoms with Crippen LogP contribution in [-0.2, 0) is 14.4 Å². The van der Waals surface area contributed by atoms with E-state index in [4.69, 9.17) is 11.6 Å². The second kappa shape index (κ2) is 8.01. The maximum atomic E-state index is 12.6. The Hall–Kier alpha value is -2.86. The summed E-state index contributed by atoms with van der Waals surface area (Å²) < 4.78 is 0. The molecule has 7 heteroatoms. The van der Waals surface area contributed by atoms with Gasteiger partial charge in [0, 0.05) is 18.3 Å². The van der Waals surface area contributed by atoms with Crippen molar-refractivity contribution in [1.29, 1.82) is 0 Å². The summed E-state index contributed by atoms with van der Waals surface area (Å²) in [5, 5.41) is 8.38. The molecule has 0 saturated carbocycles. The van der Waals surface area contributed by atoms with Crippen LogP contribution in [0.4, 0.5) is 17.1 Å². The lowest BCUT2D eigenvalue weighted by molar-refractivity contribution is -0.135. The molecular formula is C19H20ClN3O3. The number of hydrogen-bond acceptors (Lipinski definition) is 3. The number of hydrogen-bond donors (Lipinski definition) is 3. The van der Waals surface area contributed by atoms with Gasteiger partial charge in [-0.3, -0.25) is 14.4 Å². The minimum absolute atomic E-state index is 0.215. The lowest BCUT2D eigenvalue weighted by Gasteiger charge is -2.23. The largest absolute Gasteiger partial charge is 0.326 e. The maximum absolute atomic E-state index is 12.6. The molecule has 0 unspecified atom stereocenters. The van der Waals surface area contributed by atoms with Gasteiger partial charge in [-0.2, -0.15) is 0 Å². The minimum atomic E-state index is -1.34. The number of carbonyl (C=O) groups is 3. The predicted octanol–water partition coefficient (Wildman–Crippen LogP) is 3.90. The fourth-order valence-electron chi connectivity index (χ4n) is 2.11. The van der Waals surface area contributed by atoms with Crippen LogP contribution < -0.4 is 16.0 Å². The van der Waals surface area contributed by atoms with Gasteiger partial charge in [0.15, 0.2) is 0 Å². The van der Waals surface area contributed by atoms with Gasteiger partial charge in [0.25, 0.3) is 0 Å². The van der Waals surface area contributed by atoms with Crippen LogP contribution >= 0.6 is 11.6 Å². The number of halogens is 1. The van der Waals surface area contributed by atoms with E-state index in [0.29, 0.717) is 22.1 Å². The molecule has 0 aliphatic carbocycles. The van der Waals surface area contributed by atoms with Crippen molar-refractivity contribution in [1.82, 2.24) is 0 Å². The molecule has 2 aromatic carbocycles. The van der Waals surface area contributed by atoms with E-state index in [1.807, 2.05) is 0 Å². The minimum Gasteiger partial charge on any atom is -0.326 e. The molecule has 0 aliphatic rings. The molecule has 0 saturated heterocycles. The fourth-order valence-corrected chi connectivity index (χ4v) is 2.29. The second-order valence-corrected chi connectivity index (χ2v) is 6.68. The molecule has 26 heavy (non-hydrogen) atoms. The fraction of sp³-hybridized carbons (Fsp3) is 0.211. The molecule has 0 aromatic heterocycles. The van der Waals surface area contributed by atoms with E-state index >= 15 is 0 Å². The Bertz CT molecular complexity index is 849. The average Bonchev–Trinajstić information content (AvgIpc) is 2.56. The first-order valence-electron chi connectivity index (χ1n) is 7.95. The van der Waals surface area contributed by atoms with Crippen LogP contribution in [0.2, 0.25) is 5.02 Å². The number of rotatable bonds is 5.